The molecule has 1 N–H and O–H groups in total. The van der Waals surface area contributed by atoms with Gasteiger partial charge in [0.2, 0.25) is 5.43 Å². The van der Waals surface area contributed by atoms with Gasteiger partial charge in [0.1, 0.15) is 13.2 Å². The lowest BCUT2D eigenvalue weighted by molar-refractivity contribution is 0.103. The highest BCUT2D eigenvalue weighted by Gasteiger charge is 2.20. The van der Waals surface area contributed by atoms with E-state index in [1.54, 1.807) is 30.3 Å². The Morgan fingerprint density at radius 3 is 2.41 bits per heavy atom. The van der Waals surface area contributed by atoms with Crippen molar-refractivity contribution in [2.75, 3.05) is 27.4 Å². The summed E-state index contributed by atoms with van der Waals surface area (Å²) in [6.45, 7) is 0.874. The van der Waals surface area contributed by atoms with Gasteiger partial charge >= 0.3 is 0 Å². The van der Waals surface area contributed by atoms with Crippen molar-refractivity contribution in [2.24, 2.45) is 0 Å². The molecule has 0 atom stereocenters. The second kappa shape index (κ2) is 6.68. The van der Waals surface area contributed by atoms with E-state index in [9.17, 15) is 9.59 Å². The summed E-state index contributed by atoms with van der Waals surface area (Å²) in [5, 5.41) is 0.366. The third-order valence-electron chi connectivity index (χ3n) is 4.43. The summed E-state index contributed by atoms with van der Waals surface area (Å²) in [6.07, 6.45) is 1.42. The van der Waals surface area contributed by atoms with E-state index < -0.39 is 5.78 Å². The molecule has 4 rings (SSSR count). The first-order valence-corrected chi connectivity index (χ1v) is 8.34. The quantitative estimate of drug-likeness (QED) is 0.713. The molecule has 0 amide bonds. The van der Waals surface area contributed by atoms with E-state index in [1.165, 1.54) is 20.4 Å². The first-order chi connectivity index (χ1) is 13.1. The van der Waals surface area contributed by atoms with Gasteiger partial charge in [0.05, 0.1) is 30.7 Å². The molecular formula is C20H17NO6. The highest BCUT2D eigenvalue weighted by Crippen LogP contribution is 2.33. The number of ether oxygens (including phenoxy) is 4. The number of fused-ring (bicyclic) bond motifs is 2. The highest BCUT2D eigenvalue weighted by molar-refractivity contribution is 6.10. The molecule has 1 aliphatic heterocycles. The Balaban J connectivity index is 1.80. The van der Waals surface area contributed by atoms with Gasteiger partial charge in [-0.25, -0.2) is 0 Å². The number of aromatic nitrogens is 1. The summed E-state index contributed by atoms with van der Waals surface area (Å²) in [6, 6.07) is 8.08. The first-order valence-electron chi connectivity index (χ1n) is 8.34. The molecule has 7 heteroatoms. The molecule has 138 valence electrons. The molecule has 0 spiro atoms. The maximum atomic E-state index is 12.9. The summed E-state index contributed by atoms with van der Waals surface area (Å²) in [5.41, 5.74) is 0.565. The zero-order chi connectivity index (χ0) is 19.0. The normalized spacial score (nSPS) is 12.7. The molecular weight excluding hydrogens is 350 g/mol. The average molecular weight is 367 g/mol. The minimum absolute atomic E-state index is 0.0337. The smallest absolute Gasteiger partial charge is 0.200 e. The minimum Gasteiger partial charge on any atom is -0.493 e. The van der Waals surface area contributed by atoms with Crippen molar-refractivity contribution in [1.29, 1.82) is 0 Å². The van der Waals surface area contributed by atoms with Gasteiger partial charge in [-0.15, -0.1) is 0 Å². The number of nitrogens with one attached hydrogen (secondary N) is 1. The van der Waals surface area contributed by atoms with Crippen LogP contribution in [0.1, 0.15) is 15.9 Å². The summed E-state index contributed by atoms with van der Waals surface area (Å²) in [4.78, 5) is 28.8. The molecule has 1 aliphatic rings. The van der Waals surface area contributed by atoms with Crippen LogP contribution in [0, 0.1) is 0 Å². The lowest BCUT2D eigenvalue weighted by Crippen LogP contribution is -2.19. The maximum absolute atomic E-state index is 12.9. The Morgan fingerprint density at radius 1 is 1.00 bits per heavy atom. The van der Waals surface area contributed by atoms with E-state index in [1.807, 2.05) is 0 Å². The molecule has 3 aromatic rings. The molecule has 0 saturated carbocycles. The number of hydrogen-bond donors (Lipinski definition) is 1. The summed E-state index contributed by atoms with van der Waals surface area (Å²) >= 11 is 0. The largest absolute Gasteiger partial charge is 0.493 e. The van der Waals surface area contributed by atoms with Gasteiger partial charge in [-0.05, 0) is 24.3 Å². The van der Waals surface area contributed by atoms with Gasteiger partial charge in [0.25, 0.3) is 0 Å². The van der Waals surface area contributed by atoms with E-state index in [0.717, 1.165) is 0 Å². The van der Waals surface area contributed by atoms with Gasteiger partial charge in [-0.3, -0.25) is 9.59 Å². The Kier molecular flexibility index (Phi) is 4.19. The van der Waals surface area contributed by atoms with Crippen molar-refractivity contribution in [1.82, 2.24) is 4.98 Å². The molecule has 0 saturated heterocycles. The van der Waals surface area contributed by atoms with Crippen LogP contribution in [0.4, 0.5) is 0 Å². The van der Waals surface area contributed by atoms with E-state index in [4.69, 9.17) is 18.9 Å². The van der Waals surface area contributed by atoms with Crippen molar-refractivity contribution in [3.8, 4) is 23.0 Å². The number of methoxy groups -OCH3 is 2. The second-order valence-electron chi connectivity index (χ2n) is 5.97. The number of rotatable bonds is 4. The number of carbonyl (C=O) groups is 1. The minimum atomic E-state index is -0.408. The lowest BCUT2D eigenvalue weighted by atomic mass is 10.0. The highest BCUT2D eigenvalue weighted by atomic mass is 16.6. The van der Waals surface area contributed by atoms with Gasteiger partial charge < -0.3 is 23.9 Å². The average Bonchev–Trinajstić information content (AvgIpc) is 2.72. The van der Waals surface area contributed by atoms with Crippen molar-refractivity contribution >= 4 is 16.7 Å². The zero-order valence-electron chi connectivity index (χ0n) is 14.8. The summed E-state index contributed by atoms with van der Waals surface area (Å²) in [7, 11) is 3.00. The van der Waals surface area contributed by atoms with E-state index >= 15 is 0 Å². The van der Waals surface area contributed by atoms with Crippen LogP contribution < -0.4 is 24.4 Å². The predicted octanol–water partition coefficient (Wildman–Crippen LogP) is 2.55. The van der Waals surface area contributed by atoms with Gasteiger partial charge in [0.15, 0.2) is 28.8 Å². The van der Waals surface area contributed by atoms with Gasteiger partial charge in [-0.2, -0.15) is 0 Å². The van der Waals surface area contributed by atoms with Crippen molar-refractivity contribution in [2.45, 2.75) is 0 Å². The van der Waals surface area contributed by atoms with Crippen LogP contribution in [0.5, 0.6) is 23.0 Å². The molecule has 0 unspecified atom stereocenters. The van der Waals surface area contributed by atoms with Crippen LogP contribution >= 0.6 is 0 Å². The first kappa shape index (κ1) is 17.0. The van der Waals surface area contributed by atoms with Crippen LogP contribution in [0.3, 0.4) is 0 Å². The van der Waals surface area contributed by atoms with Crippen molar-refractivity contribution in [3.05, 3.63) is 57.9 Å². The Labute approximate surface area is 154 Å². The molecule has 7 nitrogen and oxygen atoms in total. The van der Waals surface area contributed by atoms with E-state index in [-0.39, 0.29) is 11.0 Å². The number of hydrogen-bond acceptors (Lipinski definition) is 6. The monoisotopic (exact) mass is 367 g/mol. The number of pyridine rings is 1. The maximum Gasteiger partial charge on any atom is 0.200 e. The predicted molar refractivity (Wildman–Crippen MR) is 98.5 cm³/mol. The molecule has 2 heterocycles. The fourth-order valence-electron chi connectivity index (χ4n) is 3.06. The standard InChI is InChI=1S/C20H17NO6/c1-24-15-4-3-11(7-16(15)25-2)19(22)13-10-21-14-9-18-17(26-5-6-27-18)8-12(14)20(13)23/h3-4,7-10H,5-6H2,1-2H3,(H,21,23). The van der Waals surface area contributed by atoms with Gasteiger partial charge in [0, 0.05) is 17.8 Å². The summed E-state index contributed by atoms with van der Waals surface area (Å²) in [5.74, 6) is 1.58. The van der Waals surface area contributed by atoms with Crippen LogP contribution in [-0.2, 0) is 0 Å². The molecule has 0 radical (unpaired) electrons. The second-order valence-corrected chi connectivity index (χ2v) is 5.97. The lowest BCUT2D eigenvalue weighted by Gasteiger charge is -2.18. The van der Waals surface area contributed by atoms with Crippen LogP contribution in [0.15, 0.2) is 41.3 Å². The third-order valence-corrected chi connectivity index (χ3v) is 4.43. The topological polar surface area (TPSA) is 86.9 Å². The van der Waals surface area contributed by atoms with E-state index in [2.05, 4.69) is 4.98 Å². The Morgan fingerprint density at radius 2 is 1.70 bits per heavy atom. The SMILES string of the molecule is COc1ccc(C(=O)c2c[nH]c3cc4c(cc3c2=O)OCCO4)cc1OC. The van der Waals surface area contributed by atoms with Gasteiger partial charge in [-0.1, -0.05) is 0 Å². The van der Waals surface area contributed by atoms with Crippen LogP contribution in [0.2, 0.25) is 0 Å². The number of aromatic amines is 1. The molecule has 27 heavy (non-hydrogen) atoms. The number of ketones is 1. The third kappa shape index (κ3) is 2.87. The fraction of sp³-hybridized carbons (Fsp3) is 0.200. The van der Waals surface area contributed by atoms with Crippen molar-refractivity contribution in [3.63, 3.8) is 0 Å². The molecule has 0 aliphatic carbocycles. The van der Waals surface area contributed by atoms with Crippen LogP contribution in [0.25, 0.3) is 10.9 Å². The number of carbonyl (C=O) groups excluding carboxylic acids is 1. The molecule has 2 aromatic carbocycles. The summed E-state index contributed by atoms with van der Waals surface area (Å²) < 4.78 is 21.5. The molecule has 1 aromatic heterocycles. The zero-order valence-corrected chi connectivity index (χ0v) is 14.8. The molecule has 0 bridgehead atoms. The Bertz CT molecular complexity index is 1100. The number of H-pyrrole nitrogens is 1. The van der Waals surface area contributed by atoms with Crippen LogP contribution in [-0.4, -0.2) is 38.2 Å². The molecule has 0 fully saturated rings. The number of benzene rings is 2. The van der Waals surface area contributed by atoms with Crippen molar-refractivity contribution < 1.29 is 23.7 Å². The fourth-order valence-corrected chi connectivity index (χ4v) is 3.06. The Hall–Kier alpha value is -3.48. The van der Waals surface area contributed by atoms with E-state index in [0.29, 0.717) is 52.7 Å².